The molecule has 0 bridgehead atoms. The second kappa shape index (κ2) is 8.69. The molecule has 21 heavy (non-hydrogen) atoms. The van der Waals surface area contributed by atoms with Crippen LogP contribution in [-0.2, 0) is 0 Å². The maximum Gasteiger partial charge on any atom is 0.0362 e. The largest absolute Gasteiger partial charge is 0.310 e. The van der Waals surface area contributed by atoms with Crippen LogP contribution in [0.15, 0.2) is 27.1 Å². The minimum Gasteiger partial charge on any atom is -0.310 e. The van der Waals surface area contributed by atoms with Gasteiger partial charge in [-0.05, 0) is 55.0 Å². The van der Waals surface area contributed by atoms with Crippen LogP contribution in [0.25, 0.3) is 0 Å². The van der Waals surface area contributed by atoms with Gasteiger partial charge in [-0.3, -0.25) is 0 Å². The van der Waals surface area contributed by atoms with Gasteiger partial charge in [0.2, 0.25) is 0 Å². The minimum absolute atomic E-state index is 0.474. The fraction of sp³-hybridized carbons (Fsp3) is 0.667. The van der Waals surface area contributed by atoms with E-state index < -0.39 is 0 Å². The lowest BCUT2D eigenvalue weighted by atomic mass is 9.72. The first kappa shape index (κ1) is 17.5. The molecule has 1 nitrogen and oxygen atoms in total. The number of benzene rings is 1. The van der Waals surface area contributed by atoms with Gasteiger partial charge in [0.25, 0.3) is 0 Å². The van der Waals surface area contributed by atoms with E-state index in [1.807, 2.05) is 0 Å². The summed E-state index contributed by atoms with van der Waals surface area (Å²) in [5.74, 6) is 1.62. The lowest BCUT2D eigenvalue weighted by Gasteiger charge is -2.38. The summed E-state index contributed by atoms with van der Waals surface area (Å²) in [4.78, 5) is 0. The molecule has 1 fully saturated rings. The zero-order valence-electron chi connectivity index (χ0n) is 13.2. The van der Waals surface area contributed by atoms with Crippen molar-refractivity contribution >= 4 is 31.9 Å². The fourth-order valence-electron chi connectivity index (χ4n) is 3.73. The van der Waals surface area contributed by atoms with E-state index in [9.17, 15) is 0 Å². The van der Waals surface area contributed by atoms with Crippen LogP contribution >= 0.6 is 31.9 Å². The Bertz CT molecular complexity index is 447. The molecule has 3 heteroatoms. The Labute approximate surface area is 146 Å². The fourth-order valence-corrected chi connectivity index (χ4v) is 4.60. The van der Waals surface area contributed by atoms with Gasteiger partial charge in [0.05, 0.1) is 0 Å². The maximum absolute atomic E-state index is 3.84. The molecule has 0 aliphatic heterocycles. The molecule has 1 N–H and O–H groups in total. The molecule has 0 aromatic heterocycles. The van der Waals surface area contributed by atoms with Gasteiger partial charge in [-0.15, -0.1) is 0 Å². The van der Waals surface area contributed by atoms with Crippen LogP contribution in [0.3, 0.4) is 0 Å². The van der Waals surface area contributed by atoms with Crippen molar-refractivity contribution in [3.63, 3.8) is 0 Å². The van der Waals surface area contributed by atoms with Crippen molar-refractivity contribution in [3.8, 4) is 0 Å². The third-order valence-corrected chi connectivity index (χ3v) is 6.04. The third kappa shape index (κ3) is 4.56. The predicted molar refractivity (Wildman–Crippen MR) is 98.6 cm³/mol. The van der Waals surface area contributed by atoms with Crippen LogP contribution in [0.1, 0.15) is 64.0 Å². The highest BCUT2D eigenvalue weighted by Crippen LogP contribution is 2.42. The standard InChI is InChI=1S/C18H27Br2N/c1-3-11-21-18(15-8-6-5-7-13(15)4-2)16-12-14(19)9-10-17(16)20/h9-10,12-13,15,18,21H,3-8,11H2,1-2H3. The number of hydrogen-bond acceptors (Lipinski definition) is 1. The van der Waals surface area contributed by atoms with Crippen molar-refractivity contribution in [1.82, 2.24) is 5.32 Å². The molecular weight excluding hydrogens is 390 g/mol. The summed E-state index contributed by atoms with van der Waals surface area (Å²) < 4.78 is 2.41. The summed E-state index contributed by atoms with van der Waals surface area (Å²) in [6.07, 6.45) is 8.05. The van der Waals surface area contributed by atoms with Crippen LogP contribution in [0.4, 0.5) is 0 Å². The predicted octanol–water partition coefficient (Wildman–Crippen LogP) is 6.47. The minimum atomic E-state index is 0.474. The molecule has 1 aliphatic rings. The lowest BCUT2D eigenvalue weighted by Crippen LogP contribution is -2.35. The van der Waals surface area contributed by atoms with Gasteiger partial charge in [0.15, 0.2) is 0 Å². The van der Waals surface area contributed by atoms with E-state index in [1.165, 1.54) is 53.0 Å². The summed E-state index contributed by atoms with van der Waals surface area (Å²) in [5.41, 5.74) is 1.42. The lowest BCUT2D eigenvalue weighted by molar-refractivity contribution is 0.175. The molecule has 0 radical (unpaired) electrons. The van der Waals surface area contributed by atoms with Gasteiger partial charge in [-0.2, -0.15) is 0 Å². The number of nitrogens with one attached hydrogen (secondary N) is 1. The molecule has 118 valence electrons. The van der Waals surface area contributed by atoms with Gasteiger partial charge in [-0.1, -0.05) is 71.4 Å². The van der Waals surface area contributed by atoms with Crippen LogP contribution < -0.4 is 5.32 Å². The van der Waals surface area contributed by atoms with Gasteiger partial charge >= 0.3 is 0 Å². The molecule has 3 atom stereocenters. The molecule has 3 unspecified atom stereocenters. The molecule has 0 spiro atoms. The zero-order valence-corrected chi connectivity index (χ0v) is 16.3. The summed E-state index contributed by atoms with van der Waals surface area (Å²) in [5, 5.41) is 3.84. The van der Waals surface area contributed by atoms with Gasteiger partial charge in [0.1, 0.15) is 0 Å². The maximum atomic E-state index is 3.84. The van der Waals surface area contributed by atoms with Crippen LogP contribution in [0.2, 0.25) is 0 Å². The Kier molecular flexibility index (Phi) is 7.24. The second-order valence-electron chi connectivity index (χ2n) is 6.21. The van der Waals surface area contributed by atoms with Crippen LogP contribution in [0.5, 0.6) is 0 Å². The van der Waals surface area contributed by atoms with E-state index in [0.29, 0.717) is 6.04 Å². The molecular formula is C18H27Br2N. The van der Waals surface area contributed by atoms with Crippen molar-refractivity contribution in [2.45, 2.75) is 58.4 Å². The highest BCUT2D eigenvalue weighted by molar-refractivity contribution is 9.11. The average Bonchev–Trinajstić information content (AvgIpc) is 2.51. The Hall–Kier alpha value is 0.140. The van der Waals surface area contributed by atoms with E-state index in [4.69, 9.17) is 0 Å². The average molecular weight is 417 g/mol. The summed E-state index contributed by atoms with van der Waals surface area (Å²) in [7, 11) is 0. The summed E-state index contributed by atoms with van der Waals surface area (Å²) in [6.45, 7) is 5.70. The molecule has 0 saturated heterocycles. The van der Waals surface area contributed by atoms with E-state index in [0.717, 1.165) is 18.4 Å². The Morgan fingerprint density at radius 1 is 1.19 bits per heavy atom. The quantitative estimate of drug-likeness (QED) is 0.560. The van der Waals surface area contributed by atoms with Crippen molar-refractivity contribution in [2.75, 3.05) is 6.54 Å². The Balaban J connectivity index is 2.30. The molecule has 2 rings (SSSR count). The number of halogens is 2. The molecule has 1 aromatic rings. The highest BCUT2D eigenvalue weighted by atomic mass is 79.9. The highest BCUT2D eigenvalue weighted by Gasteiger charge is 2.32. The summed E-state index contributed by atoms with van der Waals surface area (Å²) in [6, 6.07) is 7.05. The molecule has 1 aromatic carbocycles. The second-order valence-corrected chi connectivity index (χ2v) is 7.98. The van der Waals surface area contributed by atoms with Gasteiger partial charge in [-0.25, -0.2) is 0 Å². The molecule has 1 saturated carbocycles. The monoisotopic (exact) mass is 415 g/mol. The Morgan fingerprint density at radius 2 is 1.95 bits per heavy atom. The van der Waals surface area contributed by atoms with E-state index in [2.05, 4.69) is 69.2 Å². The normalized spacial score (nSPS) is 24.0. The first-order valence-electron chi connectivity index (χ1n) is 8.35. The number of rotatable bonds is 6. The van der Waals surface area contributed by atoms with Crippen molar-refractivity contribution < 1.29 is 0 Å². The summed E-state index contributed by atoms with van der Waals surface area (Å²) >= 11 is 7.41. The SMILES string of the molecule is CCCNC(c1cc(Br)ccc1Br)C1CCCCC1CC. The molecule has 0 heterocycles. The van der Waals surface area contributed by atoms with E-state index in [-0.39, 0.29) is 0 Å². The Morgan fingerprint density at radius 3 is 2.67 bits per heavy atom. The van der Waals surface area contributed by atoms with Gasteiger partial charge < -0.3 is 5.32 Å². The first-order chi connectivity index (χ1) is 10.2. The smallest absolute Gasteiger partial charge is 0.0362 e. The van der Waals surface area contributed by atoms with Crippen LogP contribution in [-0.4, -0.2) is 6.54 Å². The third-order valence-electron chi connectivity index (χ3n) is 4.83. The topological polar surface area (TPSA) is 12.0 Å². The van der Waals surface area contributed by atoms with E-state index >= 15 is 0 Å². The van der Waals surface area contributed by atoms with E-state index in [1.54, 1.807) is 0 Å². The van der Waals surface area contributed by atoms with Crippen molar-refractivity contribution in [1.29, 1.82) is 0 Å². The zero-order chi connectivity index (χ0) is 15.2. The first-order valence-corrected chi connectivity index (χ1v) is 9.94. The van der Waals surface area contributed by atoms with Gasteiger partial charge in [0, 0.05) is 15.0 Å². The van der Waals surface area contributed by atoms with Crippen LogP contribution in [0, 0.1) is 11.8 Å². The molecule has 0 amide bonds. The van der Waals surface area contributed by atoms with Crippen molar-refractivity contribution in [3.05, 3.63) is 32.7 Å². The number of hydrogen-bond donors (Lipinski definition) is 1. The van der Waals surface area contributed by atoms with Crippen molar-refractivity contribution in [2.24, 2.45) is 11.8 Å². The molecule has 1 aliphatic carbocycles.